The van der Waals surface area contributed by atoms with Crippen molar-refractivity contribution in [2.24, 2.45) is 10.9 Å². The Hall–Kier alpha value is -3.22. The van der Waals surface area contributed by atoms with Gasteiger partial charge < -0.3 is 0 Å². The van der Waals surface area contributed by atoms with Crippen LogP contribution in [0.2, 0.25) is 5.02 Å². The lowest BCUT2D eigenvalue weighted by Crippen LogP contribution is -2.40. The van der Waals surface area contributed by atoms with E-state index in [0.717, 1.165) is 34.4 Å². The number of thiophene rings is 1. The SMILES string of the molecule is C=N/C=C(\c1ccccc1C)n1c(=O)c2sc(-c3ccccc3Cl)cc2n(CC2CCCC2)c1=O. The molecule has 7 heteroatoms. The summed E-state index contributed by atoms with van der Waals surface area (Å²) in [4.78, 5) is 32.7. The predicted octanol–water partition coefficient (Wildman–Crippen LogP) is 6.59. The molecule has 0 unspecified atom stereocenters. The number of hydrogen-bond acceptors (Lipinski definition) is 4. The van der Waals surface area contributed by atoms with Gasteiger partial charge in [0.25, 0.3) is 5.56 Å². The van der Waals surface area contributed by atoms with Crippen LogP contribution in [0.5, 0.6) is 0 Å². The van der Waals surface area contributed by atoms with Crippen LogP contribution in [0.1, 0.15) is 36.8 Å². The summed E-state index contributed by atoms with van der Waals surface area (Å²) in [5.41, 5.74) is 2.96. The van der Waals surface area contributed by atoms with Crippen molar-refractivity contribution < 1.29 is 0 Å². The van der Waals surface area contributed by atoms with Crippen LogP contribution in [-0.4, -0.2) is 15.9 Å². The summed E-state index contributed by atoms with van der Waals surface area (Å²) in [7, 11) is 0. The molecule has 5 nitrogen and oxygen atoms in total. The molecule has 4 aromatic rings. The molecular formula is C28H26ClN3O2S. The highest BCUT2D eigenvalue weighted by atomic mass is 35.5. The zero-order valence-electron chi connectivity index (χ0n) is 19.5. The molecule has 0 aliphatic heterocycles. The second-order valence-electron chi connectivity index (χ2n) is 9.00. The van der Waals surface area contributed by atoms with Crippen molar-refractivity contribution in [2.75, 3.05) is 0 Å². The summed E-state index contributed by atoms with van der Waals surface area (Å²) in [6, 6.07) is 17.2. The first-order chi connectivity index (χ1) is 17.0. The summed E-state index contributed by atoms with van der Waals surface area (Å²) in [5, 5.41) is 0.612. The van der Waals surface area contributed by atoms with E-state index in [2.05, 4.69) is 11.7 Å². The Kier molecular flexibility index (Phi) is 6.58. The number of hydrogen-bond donors (Lipinski definition) is 0. The van der Waals surface area contributed by atoms with Gasteiger partial charge in [0.2, 0.25) is 0 Å². The quantitative estimate of drug-likeness (QED) is 0.279. The van der Waals surface area contributed by atoms with Crippen molar-refractivity contribution >= 4 is 45.6 Å². The summed E-state index contributed by atoms with van der Waals surface area (Å²) in [6.45, 7) is 6.13. The molecule has 0 atom stereocenters. The molecule has 2 aromatic heterocycles. The van der Waals surface area contributed by atoms with Crippen LogP contribution in [0, 0.1) is 12.8 Å². The molecule has 0 radical (unpaired) electrons. The fourth-order valence-corrected chi connectivity index (χ4v) is 6.40. The standard InChI is InChI=1S/C28H26ClN3O2S/c1-18-9-3-6-12-20(18)24(16-30-2)32-27(33)26-23(31(28(32)34)17-19-10-4-5-11-19)15-25(35-26)21-13-7-8-14-22(21)29/h3,6-9,12-16,19H,2,4-5,10-11,17H2,1H3/b24-16+. The minimum absolute atomic E-state index is 0.351. The van der Waals surface area contributed by atoms with Gasteiger partial charge in [-0.05, 0) is 50.1 Å². The maximum atomic E-state index is 14.0. The first-order valence-electron chi connectivity index (χ1n) is 11.8. The number of rotatable bonds is 6. The smallest absolute Gasteiger partial charge is 0.292 e. The first kappa shape index (κ1) is 23.5. The Morgan fingerprint density at radius 1 is 1.14 bits per heavy atom. The predicted molar refractivity (Wildman–Crippen MR) is 147 cm³/mol. The molecule has 2 aromatic carbocycles. The van der Waals surface area contributed by atoms with Gasteiger partial charge in [0.15, 0.2) is 0 Å². The van der Waals surface area contributed by atoms with Gasteiger partial charge in [-0.3, -0.25) is 14.4 Å². The summed E-state index contributed by atoms with van der Waals surface area (Å²) in [6.07, 6.45) is 6.02. The van der Waals surface area contributed by atoms with Crippen molar-refractivity contribution in [1.29, 1.82) is 0 Å². The Balaban J connectivity index is 1.82. The van der Waals surface area contributed by atoms with Gasteiger partial charge in [0.05, 0.1) is 17.4 Å². The van der Waals surface area contributed by atoms with Crippen molar-refractivity contribution in [2.45, 2.75) is 39.2 Å². The molecule has 0 amide bonds. The number of halogens is 1. The van der Waals surface area contributed by atoms with E-state index in [1.54, 1.807) is 4.57 Å². The molecule has 0 bridgehead atoms. The molecule has 1 saturated carbocycles. The average Bonchev–Trinajstić information content (AvgIpc) is 3.52. The minimum Gasteiger partial charge on any atom is -0.292 e. The molecule has 0 saturated heterocycles. The third kappa shape index (κ3) is 4.32. The number of aryl methyl sites for hydroxylation is 1. The molecule has 178 valence electrons. The molecule has 0 spiro atoms. The zero-order valence-corrected chi connectivity index (χ0v) is 21.1. The lowest BCUT2D eigenvalue weighted by atomic mass is 10.1. The van der Waals surface area contributed by atoms with Gasteiger partial charge in [-0.15, -0.1) is 11.3 Å². The van der Waals surface area contributed by atoms with Gasteiger partial charge in [0, 0.05) is 27.6 Å². The number of fused-ring (bicyclic) bond motifs is 1. The topological polar surface area (TPSA) is 56.4 Å². The fourth-order valence-electron chi connectivity index (χ4n) is 4.98. The van der Waals surface area contributed by atoms with Crippen molar-refractivity contribution in [1.82, 2.24) is 9.13 Å². The highest BCUT2D eigenvalue weighted by molar-refractivity contribution is 7.22. The third-order valence-corrected chi connectivity index (χ3v) is 8.23. The van der Waals surface area contributed by atoms with E-state index >= 15 is 0 Å². The fraction of sp³-hybridized carbons (Fsp3) is 0.250. The van der Waals surface area contributed by atoms with E-state index in [4.69, 9.17) is 11.6 Å². The average molecular weight is 504 g/mol. The van der Waals surface area contributed by atoms with Crippen LogP contribution in [0.15, 0.2) is 75.4 Å². The van der Waals surface area contributed by atoms with Crippen LogP contribution < -0.4 is 11.2 Å². The molecular weight excluding hydrogens is 478 g/mol. The van der Waals surface area contributed by atoms with Crippen LogP contribution in [0.25, 0.3) is 26.4 Å². The van der Waals surface area contributed by atoms with E-state index in [0.29, 0.717) is 33.4 Å². The number of aliphatic imine (C=N–C) groups is 1. The molecule has 1 fully saturated rings. The van der Waals surface area contributed by atoms with Crippen molar-refractivity contribution in [3.63, 3.8) is 0 Å². The van der Waals surface area contributed by atoms with Gasteiger partial charge >= 0.3 is 5.69 Å². The molecule has 35 heavy (non-hydrogen) atoms. The highest BCUT2D eigenvalue weighted by Gasteiger charge is 2.24. The van der Waals surface area contributed by atoms with Crippen LogP contribution in [0.4, 0.5) is 0 Å². The Bertz CT molecular complexity index is 1570. The number of benzene rings is 2. The van der Waals surface area contributed by atoms with Gasteiger partial charge in [-0.25, -0.2) is 9.36 Å². The monoisotopic (exact) mass is 503 g/mol. The largest absolute Gasteiger partial charge is 0.336 e. The first-order valence-corrected chi connectivity index (χ1v) is 13.0. The zero-order chi connectivity index (χ0) is 24.5. The number of nitrogens with zero attached hydrogens (tertiary/aromatic N) is 3. The maximum absolute atomic E-state index is 14.0. The van der Waals surface area contributed by atoms with Crippen LogP contribution in [0.3, 0.4) is 0 Å². The lowest BCUT2D eigenvalue weighted by Gasteiger charge is -2.17. The molecule has 1 aliphatic carbocycles. The maximum Gasteiger partial charge on any atom is 0.336 e. The minimum atomic E-state index is -0.353. The molecule has 1 aliphatic rings. The van der Waals surface area contributed by atoms with Crippen molar-refractivity contribution in [3.05, 3.63) is 97.8 Å². The van der Waals surface area contributed by atoms with E-state index in [1.165, 1.54) is 34.9 Å². The summed E-state index contributed by atoms with van der Waals surface area (Å²) >= 11 is 7.85. The van der Waals surface area contributed by atoms with Gasteiger partial charge in [-0.2, -0.15) is 0 Å². The second-order valence-corrected chi connectivity index (χ2v) is 10.5. The van der Waals surface area contributed by atoms with Gasteiger partial charge in [0.1, 0.15) is 4.70 Å². The third-order valence-electron chi connectivity index (χ3n) is 6.75. The Morgan fingerprint density at radius 3 is 2.57 bits per heavy atom. The second kappa shape index (κ2) is 9.80. The van der Waals surface area contributed by atoms with E-state index in [1.807, 2.05) is 61.5 Å². The van der Waals surface area contributed by atoms with E-state index < -0.39 is 0 Å². The van der Waals surface area contributed by atoms with Gasteiger partial charge in [-0.1, -0.05) is 66.9 Å². The Morgan fingerprint density at radius 2 is 1.86 bits per heavy atom. The number of aromatic nitrogens is 2. The Labute approximate surface area is 212 Å². The highest BCUT2D eigenvalue weighted by Crippen LogP contribution is 2.36. The summed E-state index contributed by atoms with van der Waals surface area (Å²) in [5.74, 6) is 0.411. The van der Waals surface area contributed by atoms with E-state index in [9.17, 15) is 9.59 Å². The molecule has 0 N–H and O–H groups in total. The molecule has 2 heterocycles. The normalized spacial score (nSPS) is 14.6. The van der Waals surface area contributed by atoms with Crippen molar-refractivity contribution in [3.8, 4) is 10.4 Å². The lowest BCUT2D eigenvalue weighted by molar-refractivity contribution is 0.450. The van der Waals surface area contributed by atoms with E-state index in [-0.39, 0.29) is 11.2 Å². The summed E-state index contributed by atoms with van der Waals surface area (Å²) < 4.78 is 3.57. The molecule has 5 rings (SSSR count). The van der Waals surface area contributed by atoms with Crippen LogP contribution in [-0.2, 0) is 6.54 Å². The van der Waals surface area contributed by atoms with Crippen LogP contribution >= 0.6 is 22.9 Å².